The normalized spacial score (nSPS) is 10.2. The Morgan fingerprint density at radius 3 is 2.71 bits per heavy atom. The van der Waals surface area contributed by atoms with E-state index in [1.54, 1.807) is 12.1 Å². The number of benzene rings is 2. The van der Waals surface area contributed by atoms with Gasteiger partial charge >= 0.3 is 0 Å². The zero-order valence-electron chi connectivity index (χ0n) is 11.6. The van der Waals surface area contributed by atoms with Crippen LogP contribution in [0.2, 0.25) is 0 Å². The van der Waals surface area contributed by atoms with E-state index in [4.69, 9.17) is 11.0 Å². The fourth-order valence-corrected chi connectivity index (χ4v) is 2.57. The lowest BCUT2D eigenvalue weighted by atomic mass is 10.1. The lowest BCUT2D eigenvalue weighted by Gasteiger charge is -2.24. The number of nitrogen functional groups attached to an aromatic ring is 1. The monoisotopic (exact) mass is 347 g/mol. The highest BCUT2D eigenvalue weighted by molar-refractivity contribution is 9.10. The van der Waals surface area contributed by atoms with Gasteiger partial charge < -0.3 is 10.6 Å². The maximum absolute atomic E-state index is 14.4. The fraction of sp³-hybridized carbons (Fsp3) is 0.188. The van der Waals surface area contributed by atoms with E-state index in [9.17, 15) is 4.39 Å². The molecule has 5 heteroatoms. The van der Waals surface area contributed by atoms with Crippen molar-refractivity contribution >= 4 is 27.3 Å². The summed E-state index contributed by atoms with van der Waals surface area (Å²) in [5.74, 6) is -0.417. The van der Waals surface area contributed by atoms with Gasteiger partial charge in [0, 0.05) is 18.8 Å². The third-order valence-electron chi connectivity index (χ3n) is 3.23. The molecule has 108 valence electrons. The molecular formula is C16H15BrFN3. The fourth-order valence-electron chi connectivity index (χ4n) is 2.15. The SMILES string of the molecule is CCN(Cc1cccc(N)c1)c1ccc(C#N)c(Br)c1F. The number of nitrogens with zero attached hydrogens (tertiary/aromatic N) is 2. The Morgan fingerprint density at radius 1 is 1.33 bits per heavy atom. The van der Waals surface area contributed by atoms with Gasteiger partial charge in [-0.05, 0) is 52.7 Å². The molecule has 0 fully saturated rings. The van der Waals surface area contributed by atoms with Crippen molar-refractivity contribution in [3.05, 3.63) is 57.8 Å². The number of nitriles is 1. The molecule has 2 rings (SSSR count). The molecule has 0 aromatic heterocycles. The standard InChI is InChI=1S/C16H15BrFN3/c1-2-21(10-11-4-3-5-13(20)8-11)14-7-6-12(9-19)15(17)16(14)18/h3-8H,2,10,20H2,1H3. The van der Waals surface area contributed by atoms with E-state index in [-0.39, 0.29) is 10.0 Å². The van der Waals surface area contributed by atoms with E-state index in [0.717, 1.165) is 5.56 Å². The zero-order valence-corrected chi connectivity index (χ0v) is 13.2. The van der Waals surface area contributed by atoms with Crippen molar-refractivity contribution in [1.82, 2.24) is 0 Å². The van der Waals surface area contributed by atoms with Crippen molar-refractivity contribution in [3.8, 4) is 6.07 Å². The Labute approximate surface area is 131 Å². The molecule has 21 heavy (non-hydrogen) atoms. The molecular weight excluding hydrogens is 333 g/mol. The lowest BCUT2D eigenvalue weighted by molar-refractivity contribution is 0.611. The second-order valence-corrected chi connectivity index (χ2v) is 5.42. The van der Waals surface area contributed by atoms with Crippen LogP contribution in [0.4, 0.5) is 15.8 Å². The zero-order chi connectivity index (χ0) is 15.4. The van der Waals surface area contributed by atoms with Crippen LogP contribution in [0.25, 0.3) is 0 Å². The van der Waals surface area contributed by atoms with Crippen LogP contribution in [0, 0.1) is 17.1 Å². The van der Waals surface area contributed by atoms with E-state index < -0.39 is 5.82 Å². The van der Waals surface area contributed by atoms with Gasteiger partial charge in [0.25, 0.3) is 0 Å². The molecule has 2 aromatic rings. The molecule has 0 unspecified atom stereocenters. The molecule has 0 atom stereocenters. The van der Waals surface area contributed by atoms with E-state index in [0.29, 0.717) is 24.5 Å². The average molecular weight is 348 g/mol. The Kier molecular flexibility index (Phi) is 4.81. The summed E-state index contributed by atoms with van der Waals surface area (Å²) in [6.07, 6.45) is 0. The molecule has 0 aliphatic rings. The average Bonchev–Trinajstić information content (AvgIpc) is 2.48. The van der Waals surface area contributed by atoms with Gasteiger partial charge in [-0.15, -0.1) is 0 Å². The van der Waals surface area contributed by atoms with E-state index in [1.807, 2.05) is 42.2 Å². The first kappa shape index (κ1) is 15.3. The summed E-state index contributed by atoms with van der Waals surface area (Å²) in [5.41, 5.74) is 8.22. The van der Waals surface area contributed by atoms with Gasteiger partial charge in [0.1, 0.15) is 6.07 Å². The molecule has 0 saturated carbocycles. The summed E-state index contributed by atoms with van der Waals surface area (Å²) >= 11 is 3.14. The van der Waals surface area contributed by atoms with Gasteiger partial charge in [-0.2, -0.15) is 5.26 Å². The molecule has 3 nitrogen and oxygen atoms in total. The maximum atomic E-state index is 14.4. The predicted molar refractivity (Wildman–Crippen MR) is 86.4 cm³/mol. The smallest absolute Gasteiger partial charge is 0.161 e. The number of halogens is 2. The number of rotatable bonds is 4. The summed E-state index contributed by atoms with van der Waals surface area (Å²) in [5, 5.41) is 8.92. The molecule has 0 heterocycles. The van der Waals surface area contributed by atoms with Crippen LogP contribution in [0.5, 0.6) is 0 Å². The molecule has 0 amide bonds. The van der Waals surface area contributed by atoms with Gasteiger partial charge in [0.15, 0.2) is 5.82 Å². The summed E-state index contributed by atoms with van der Waals surface area (Å²) in [4.78, 5) is 1.90. The highest BCUT2D eigenvalue weighted by Crippen LogP contribution is 2.30. The Bertz CT molecular complexity index is 694. The van der Waals surface area contributed by atoms with Crippen LogP contribution in [-0.2, 0) is 6.54 Å². The summed E-state index contributed by atoms with van der Waals surface area (Å²) in [6, 6.07) is 12.7. The van der Waals surface area contributed by atoms with Gasteiger partial charge in [-0.25, -0.2) is 4.39 Å². The van der Waals surface area contributed by atoms with Crippen molar-refractivity contribution in [2.45, 2.75) is 13.5 Å². The first-order valence-corrected chi connectivity index (χ1v) is 7.33. The number of hydrogen-bond donors (Lipinski definition) is 1. The first-order chi connectivity index (χ1) is 10.1. The van der Waals surface area contributed by atoms with Crippen LogP contribution in [0.15, 0.2) is 40.9 Å². The van der Waals surface area contributed by atoms with Gasteiger partial charge in [0.2, 0.25) is 0 Å². The second-order valence-electron chi connectivity index (χ2n) is 4.63. The third-order valence-corrected chi connectivity index (χ3v) is 4.00. The second kappa shape index (κ2) is 6.59. The molecule has 0 saturated heterocycles. The van der Waals surface area contributed by atoms with Crippen molar-refractivity contribution in [1.29, 1.82) is 5.26 Å². The molecule has 2 aromatic carbocycles. The third kappa shape index (κ3) is 3.34. The van der Waals surface area contributed by atoms with Crippen LogP contribution in [0.1, 0.15) is 18.1 Å². The van der Waals surface area contributed by atoms with Gasteiger partial charge in [-0.3, -0.25) is 0 Å². The van der Waals surface area contributed by atoms with E-state index in [1.165, 1.54) is 0 Å². The first-order valence-electron chi connectivity index (χ1n) is 6.54. The van der Waals surface area contributed by atoms with Gasteiger partial charge in [-0.1, -0.05) is 12.1 Å². The summed E-state index contributed by atoms with van der Waals surface area (Å²) in [6.45, 7) is 3.15. The highest BCUT2D eigenvalue weighted by Gasteiger charge is 2.16. The van der Waals surface area contributed by atoms with Crippen molar-refractivity contribution in [2.75, 3.05) is 17.2 Å². The summed E-state index contributed by atoms with van der Waals surface area (Å²) < 4.78 is 14.6. The van der Waals surface area contributed by atoms with Crippen LogP contribution in [-0.4, -0.2) is 6.54 Å². The molecule has 0 radical (unpaired) electrons. The Balaban J connectivity index is 2.34. The molecule has 0 bridgehead atoms. The minimum Gasteiger partial charge on any atom is -0.399 e. The number of hydrogen-bond acceptors (Lipinski definition) is 3. The molecule has 0 aliphatic heterocycles. The van der Waals surface area contributed by atoms with E-state index >= 15 is 0 Å². The Morgan fingerprint density at radius 2 is 2.10 bits per heavy atom. The summed E-state index contributed by atoms with van der Waals surface area (Å²) in [7, 11) is 0. The highest BCUT2D eigenvalue weighted by atomic mass is 79.9. The van der Waals surface area contributed by atoms with Crippen LogP contribution >= 0.6 is 15.9 Å². The number of anilines is 2. The van der Waals surface area contributed by atoms with Crippen LogP contribution < -0.4 is 10.6 Å². The lowest BCUT2D eigenvalue weighted by Crippen LogP contribution is -2.23. The quantitative estimate of drug-likeness (QED) is 0.848. The Hall–Kier alpha value is -2.06. The maximum Gasteiger partial charge on any atom is 0.161 e. The largest absolute Gasteiger partial charge is 0.399 e. The van der Waals surface area contributed by atoms with Crippen molar-refractivity contribution in [2.24, 2.45) is 0 Å². The molecule has 0 spiro atoms. The minimum atomic E-state index is -0.417. The topological polar surface area (TPSA) is 53.0 Å². The van der Waals surface area contributed by atoms with Gasteiger partial charge in [0.05, 0.1) is 15.7 Å². The molecule has 2 N–H and O–H groups in total. The molecule has 0 aliphatic carbocycles. The van der Waals surface area contributed by atoms with Crippen molar-refractivity contribution in [3.63, 3.8) is 0 Å². The predicted octanol–water partition coefficient (Wildman–Crippen LogP) is 4.07. The minimum absolute atomic E-state index is 0.202. The van der Waals surface area contributed by atoms with Crippen LogP contribution in [0.3, 0.4) is 0 Å². The van der Waals surface area contributed by atoms with Crippen molar-refractivity contribution < 1.29 is 4.39 Å². The number of nitrogens with two attached hydrogens (primary N) is 1. The van der Waals surface area contributed by atoms with E-state index in [2.05, 4.69) is 15.9 Å².